The molecule has 6 nitrogen and oxygen atoms in total. The predicted molar refractivity (Wildman–Crippen MR) is 56.1 cm³/mol. The first-order valence-electron chi connectivity index (χ1n) is 4.44. The van der Waals surface area contributed by atoms with Crippen LogP contribution in [0.3, 0.4) is 0 Å². The number of fused-ring (bicyclic) bond motifs is 1. The third kappa shape index (κ3) is 1.73. The number of hydrogen-bond acceptors (Lipinski definition) is 5. The van der Waals surface area contributed by atoms with Crippen LogP contribution in [0.5, 0.6) is 0 Å². The number of nitrogens with one attached hydrogen (secondary N) is 1. The summed E-state index contributed by atoms with van der Waals surface area (Å²) >= 11 is 5.93. The molecular weight excluding hydrogens is 218 g/mol. The third-order valence-corrected chi connectivity index (χ3v) is 2.38. The Morgan fingerprint density at radius 3 is 3.13 bits per heavy atom. The first-order chi connectivity index (χ1) is 7.24. The quantitative estimate of drug-likeness (QED) is 0.747. The molecule has 2 aromatic heterocycles. The summed E-state index contributed by atoms with van der Waals surface area (Å²) in [5.74, 6) is 1.14. The first kappa shape index (κ1) is 10.1. The molecule has 15 heavy (non-hydrogen) atoms. The number of hydrogen-bond donors (Lipinski definition) is 2. The van der Waals surface area contributed by atoms with Crippen molar-refractivity contribution >= 4 is 23.2 Å². The second kappa shape index (κ2) is 4.00. The Morgan fingerprint density at radius 2 is 2.40 bits per heavy atom. The van der Waals surface area contributed by atoms with E-state index in [2.05, 4.69) is 20.4 Å². The molecule has 0 amide bonds. The van der Waals surface area contributed by atoms with E-state index in [1.54, 1.807) is 4.52 Å². The Labute approximate surface area is 90.9 Å². The molecule has 2 heterocycles. The molecule has 2 N–H and O–H groups in total. The molecule has 0 radical (unpaired) electrons. The van der Waals surface area contributed by atoms with Crippen molar-refractivity contribution in [2.75, 3.05) is 18.5 Å². The number of anilines is 1. The van der Waals surface area contributed by atoms with Crippen LogP contribution in [0, 0.1) is 6.92 Å². The zero-order valence-corrected chi connectivity index (χ0v) is 8.86. The van der Waals surface area contributed by atoms with Crippen LogP contribution in [0.1, 0.15) is 5.56 Å². The van der Waals surface area contributed by atoms with Gasteiger partial charge in [-0.25, -0.2) is 0 Å². The van der Waals surface area contributed by atoms with Gasteiger partial charge in [-0.3, -0.25) is 0 Å². The van der Waals surface area contributed by atoms with Crippen LogP contribution in [-0.2, 0) is 0 Å². The SMILES string of the molecule is Cc1c(Cl)nc2ncnn2c1NCCO. The molecule has 0 aliphatic rings. The van der Waals surface area contributed by atoms with E-state index in [4.69, 9.17) is 16.7 Å². The fourth-order valence-electron chi connectivity index (χ4n) is 1.28. The van der Waals surface area contributed by atoms with E-state index in [9.17, 15) is 0 Å². The molecule has 0 fully saturated rings. The van der Waals surface area contributed by atoms with Gasteiger partial charge in [-0.15, -0.1) is 0 Å². The van der Waals surface area contributed by atoms with Crippen LogP contribution in [0.15, 0.2) is 6.33 Å². The summed E-state index contributed by atoms with van der Waals surface area (Å²) in [7, 11) is 0. The minimum Gasteiger partial charge on any atom is -0.395 e. The van der Waals surface area contributed by atoms with E-state index in [0.717, 1.165) is 5.56 Å². The molecule has 0 unspecified atom stereocenters. The minimum absolute atomic E-state index is 0.0373. The van der Waals surface area contributed by atoms with Crippen molar-refractivity contribution in [3.63, 3.8) is 0 Å². The van der Waals surface area contributed by atoms with E-state index in [-0.39, 0.29) is 6.61 Å². The van der Waals surface area contributed by atoms with Crippen molar-refractivity contribution in [2.24, 2.45) is 0 Å². The number of aromatic nitrogens is 4. The number of halogens is 1. The van der Waals surface area contributed by atoms with Gasteiger partial charge in [-0.1, -0.05) is 11.6 Å². The summed E-state index contributed by atoms with van der Waals surface area (Å²) in [5, 5.41) is 16.2. The number of rotatable bonds is 3. The Balaban J connectivity index is 2.56. The highest BCUT2D eigenvalue weighted by Gasteiger charge is 2.11. The molecule has 2 aromatic rings. The second-order valence-corrected chi connectivity index (χ2v) is 3.36. The Kier molecular flexibility index (Phi) is 2.70. The van der Waals surface area contributed by atoms with Gasteiger partial charge in [0.15, 0.2) is 0 Å². The van der Waals surface area contributed by atoms with Gasteiger partial charge in [0.05, 0.1) is 6.61 Å². The molecule has 7 heteroatoms. The Hall–Kier alpha value is -1.40. The van der Waals surface area contributed by atoms with Crippen LogP contribution in [0.2, 0.25) is 5.15 Å². The molecule has 2 rings (SSSR count). The molecule has 0 atom stereocenters. The highest BCUT2D eigenvalue weighted by Crippen LogP contribution is 2.21. The van der Waals surface area contributed by atoms with Crippen LogP contribution in [0.25, 0.3) is 5.78 Å². The van der Waals surface area contributed by atoms with E-state index >= 15 is 0 Å². The minimum atomic E-state index is 0.0373. The fraction of sp³-hybridized carbons (Fsp3) is 0.375. The van der Waals surface area contributed by atoms with Crippen molar-refractivity contribution in [1.29, 1.82) is 0 Å². The van der Waals surface area contributed by atoms with Crippen molar-refractivity contribution in [1.82, 2.24) is 19.6 Å². The van der Waals surface area contributed by atoms with Gasteiger partial charge in [-0.05, 0) is 6.92 Å². The summed E-state index contributed by atoms with van der Waals surface area (Å²) in [4.78, 5) is 8.00. The van der Waals surface area contributed by atoms with Gasteiger partial charge in [0.1, 0.15) is 17.3 Å². The lowest BCUT2D eigenvalue weighted by molar-refractivity contribution is 0.311. The van der Waals surface area contributed by atoms with Gasteiger partial charge < -0.3 is 10.4 Å². The van der Waals surface area contributed by atoms with Crippen LogP contribution < -0.4 is 5.32 Å². The average Bonchev–Trinajstić information content (AvgIpc) is 2.66. The Bertz CT molecular complexity index is 483. The summed E-state index contributed by atoms with van der Waals surface area (Å²) in [6, 6.07) is 0. The Morgan fingerprint density at radius 1 is 1.60 bits per heavy atom. The standard InChI is InChI=1S/C8H10ClN5O/c1-5-6(9)13-8-11-4-12-14(8)7(5)10-2-3-15/h4,10,15H,2-3H2,1H3. The van der Waals surface area contributed by atoms with Crippen LogP contribution >= 0.6 is 11.6 Å². The van der Waals surface area contributed by atoms with Crippen LogP contribution in [0.4, 0.5) is 5.82 Å². The summed E-state index contributed by atoms with van der Waals surface area (Å²) in [6.07, 6.45) is 1.40. The van der Waals surface area contributed by atoms with E-state index < -0.39 is 0 Å². The molecule has 0 saturated heterocycles. The summed E-state index contributed by atoms with van der Waals surface area (Å²) in [6.45, 7) is 2.29. The maximum absolute atomic E-state index is 8.75. The lowest BCUT2D eigenvalue weighted by Crippen LogP contribution is -2.12. The lowest BCUT2D eigenvalue weighted by atomic mass is 10.3. The zero-order chi connectivity index (χ0) is 10.8. The number of aliphatic hydroxyl groups is 1. The fourth-order valence-corrected chi connectivity index (χ4v) is 1.44. The zero-order valence-electron chi connectivity index (χ0n) is 8.11. The van der Waals surface area contributed by atoms with Gasteiger partial charge in [0.2, 0.25) is 0 Å². The summed E-state index contributed by atoms with van der Waals surface area (Å²) < 4.78 is 1.55. The molecule has 80 valence electrons. The molecule has 0 saturated carbocycles. The monoisotopic (exact) mass is 227 g/mol. The van der Waals surface area contributed by atoms with Crippen molar-refractivity contribution in [3.05, 3.63) is 17.0 Å². The summed E-state index contributed by atoms with van der Waals surface area (Å²) in [5.41, 5.74) is 0.781. The molecular formula is C8H10ClN5O. The molecule has 0 bridgehead atoms. The van der Waals surface area contributed by atoms with Crippen molar-refractivity contribution in [2.45, 2.75) is 6.92 Å². The van der Waals surface area contributed by atoms with Crippen molar-refractivity contribution in [3.8, 4) is 0 Å². The predicted octanol–water partition coefficient (Wildman–Crippen LogP) is 0.490. The number of nitrogens with zero attached hydrogens (tertiary/aromatic N) is 4. The van der Waals surface area contributed by atoms with Gasteiger partial charge in [-0.2, -0.15) is 19.6 Å². The molecule has 0 aliphatic heterocycles. The largest absolute Gasteiger partial charge is 0.395 e. The van der Waals surface area contributed by atoms with Gasteiger partial charge >= 0.3 is 0 Å². The van der Waals surface area contributed by atoms with E-state index in [1.165, 1.54) is 6.33 Å². The molecule has 0 aliphatic carbocycles. The molecule has 0 aromatic carbocycles. The van der Waals surface area contributed by atoms with Crippen LogP contribution in [-0.4, -0.2) is 37.8 Å². The third-order valence-electron chi connectivity index (χ3n) is 2.01. The first-order valence-corrected chi connectivity index (χ1v) is 4.82. The lowest BCUT2D eigenvalue weighted by Gasteiger charge is -2.10. The normalized spacial score (nSPS) is 10.9. The van der Waals surface area contributed by atoms with Gasteiger partial charge in [0.25, 0.3) is 5.78 Å². The smallest absolute Gasteiger partial charge is 0.255 e. The topological polar surface area (TPSA) is 75.3 Å². The molecule has 0 spiro atoms. The highest BCUT2D eigenvalue weighted by molar-refractivity contribution is 6.30. The maximum Gasteiger partial charge on any atom is 0.255 e. The van der Waals surface area contributed by atoms with E-state index in [1.807, 2.05) is 6.92 Å². The number of aliphatic hydroxyl groups excluding tert-OH is 1. The van der Waals surface area contributed by atoms with Crippen molar-refractivity contribution < 1.29 is 5.11 Å². The maximum atomic E-state index is 8.75. The van der Waals surface area contributed by atoms with Gasteiger partial charge in [0, 0.05) is 12.1 Å². The highest BCUT2D eigenvalue weighted by atomic mass is 35.5. The van der Waals surface area contributed by atoms with E-state index in [0.29, 0.717) is 23.3 Å². The average molecular weight is 228 g/mol. The second-order valence-electron chi connectivity index (χ2n) is 3.00.